The molecular weight excluding hydrogens is 655 g/mol. The van der Waals surface area contributed by atoms with Crippen LogP contribution in [0.1, 0.15) is 0 Å². The van der Waals surface area contributed by atoms with Crippen molar-refractivity contribution in [2.45, 2.75) is 0 Å². The van der Waals surface area contributed by atoms with Gasteiger partial charge in [0.15, 0.2) is 17.5 Å². The van der Waals surface area contributed by atoms with Gasteiger partial charge in [0, 0.05) is 16.7 Å². The Balaban J connectivity index is 1.10. The van der Waals surface area contributed by atoms with E-state index in [-0.39, 0.29) is 0 Å². The summed E-state index contributed by atoms with van der Waals surface area (Å²) < 4.78 is 0. The molecule has 0 unspecified atom stereocenters. The van der Waals surface area contributed by atoms with Crippen LogP contribution >= 0.6 is 0 Å². The van der Waals surface area contributed by atoms with Gasteiger partial charge < -0.3 is 0 Å². The summed E-state index contributed by atoms with van der Waals surface area (Å²) >= 11 is 0. The lowest BCUT2D eigenvalue weighted by Crippen LogP contribution is -2.00. The van der Waals surface area contributed by atoms with Crippen LogP contribution in [0.4, 0.5) is 0 Å². The van der Waals surface area contributed by atoms with Crippen LogP contribution in [0.2, 0.25) is 0 Å². The second-order valence-electron chi connectivity index (χ2n) is 13.6. The zero-order valence-electron chi connectivity index (χ0n) is 29.4. The highest BCUT2D eigenvalue weighted by Crippen LogP contribution is 2.38. The zero-order valence-corrected chi connectivity index (χ0v) is 29.4. The normalized spacial score (nSPS) is 11.3. The van der Waals surface area contributed by atoms with Gasteiger partial charge in [-0.3, -0.25) is 0 Å². The van der Waals surface area contributed by atoms with Gasteiger partial charge in [0.2, 0.25) is 0 Å². The van der Waals surface area contributed by atoms with Gasteiger partial charge in [-0.25, -0.2) is 15.0 Å². The summed E-state index contributed by atoms with van der Waals surface area (Å²) in [5.74, 6) is 1.90. The highest BCUT2D eigenvalue weighted by atomic mass is 15.0. The Kier molecular flexibility index (Phi) is 7.81. The molecule has 1 heterocycles. The standard InChI is InChI=1S/C51H33N3/c1-3-13-34(14-4-1)36-25-27-37(28-26-36)49-52-50(41-19-11-17-38(31-41)35-15-5-2-6-16-35)54-51(53-49)42-20-12-18-39(32-42)40-29-30-47-45-23-8-7-21-43(45)44-22-9-10-24-46(44)48(47)33-40/h1-33H. The van der Waals surface area contributed by atoms with E-state index in [0.717, 1.165) is 44.5 Å². The van der Waals surface area contributed by atoms with E-state index in [1.807, 2.05) is 12.1 Å². The zero-order chi connectivity index (χ0) is 35.8. The van der Waals surface area contributed by atoms with Crippen molar-refractivity contribution >= 4 is 32.3 Å². The van der Waals surface area contributed by atoms with Crippen LogP contribution in [0, 0.1) is 0 Å². The largest absolute Gasteiger partial charge is 0.208 e. The maximum Gasteiger partial charge on any atom is 0.164 e. The lowest BCUT2D eigenvalue weighted by molar-refractivity contribution is 1.07. The number of hydrogen-bond acceptors (Lipinski definition) is 3. The third-order valence-corrected chi connectivity index (χ3v) is 10.3. The minimum atomic E-state index is 0.631. The van der Waals surface area contributed by atoms with Crippen molar-refractivity contribution in [1.29, 1.82) is 0 Å². The summed E-state index contributed by atoms with van der Waals surface area (Å²) in [6.45, 7) is 0. The summed E-state index contributed by atoms with van der Waals surface area (Å²) in [5, 5.41) is 7.57. The predicted molar refractivity (Wildman–Crippen MR) is 225 cm³/mol. The molecule has 10 aromatic rings. The first-order valence-electron chi connectivity index (χ1n) is 18.3. The number of hydrogen-bond donors (Lipinski definition) is 0. The van der Waals surface area contributed by atoms with E-state index in [1.54, 1.807) is 0 Å². The topological polar surface area (TPSA) is 38.7 Å². The second kappa shape index (κ2) is 13.4. The number of nitrogens with zero attached hydrogens (tertiary/aromatic N) is 3. The Morgan fingerprint density at radius 2 is 0.500 bits per heavy atom. The molecule has 0 saturated heterocycles. The van der Waals surface area contributed by atoms with Crippen molar-refractivity contribution in [2.75, 3.05) is 0 Å². The van der Waals surface area contributed by atoms with E-state index >= 15 is 0 Å². The van der Waals surface area contributed by atoms with Crippen LogP contribution in [0.25, 0.3) is 99.9 Å². The van der Waals surface area contributed by atoms with Crippen molar-refractivity contribution in [3.8, 4) is 67.5 Å². The van der Waals surface area contributed by atoms with E-state index in [4.69, 9.17) is 15.0 Å². The third kappa shape index (κ3) is 5.78. The average molecular weight is 688 g/mol. The fraction of sp³-hybridized carbons (Fsp3) is 0. The number of fused-ring (bicyclic) bond motifs is 6. The molecule has 0 N–H and O–H groups in total. The SMILES string of the molecule is c1ccc(-c2ccc(-c3nc(-c4cccc(-c5ccccc5)c4)nc(-c4cccc(-c5ccc6c7ccccc7c7ccccc7c6c5)c4)n3)cc2)cc1. The highest BCUT2D eigenvalue weighted by Gasteiger charge is 2.15. The molecule has 0 atom stereocenters. The van der Waals surface area contributed by atoms with Crippen molar-refractivity contribution < 1.29 is 0 Å². The molecule has 0 bridgehead atoms. The van der Waals surface area contributed by atoms with Gasteiger partial charge in [-0.05, 0) is 83.9 Å². The molecule has 9 aromatic carbocycles. The Morgan fingerprint density at radius 3 is 1.04 bits per heavy atom. The van der Waals surface area contributed by atoms with Crippen molar-refractivity contribution in [3.63, 3.8) is 0 Å². The van der Waals surface area contributed by atoms with Gasteiger partial charge in [-0.2, -0.15) is 0 Å². The Morgan fingerprint density at radius 1 is 0.185 bits per heavy atom. The number of rotatable bonds is 6. The van der Waals surface area contributed by atoms with Crippen LogP contribution in [-0.4, -0.2) is 15.0 Å². The van der Waals surface area contributed by atoms with Gasteiger partial charge in [-0.15, -0.1) is 0 Å². The smallest absolute Gasteiger partial charge is 0.164 e. The summed E-state index contributed by atoms with van der Waals surface area (Å²) in [7, 11) is 0. The summed E-state index contributed by atoms with van der Waals surface area (Å²) in [5.41, 5.74) is 9.63. The molecular formula is C51H33N3. The quantitative estimate of drug-likeness (QED) is 0.163. The fourth-order valence-electron chi connectivity index (χ4n) is 7.60. The van der Waals surface area contributed by atoms with Crippen LogP contribution in [0.5, 0.6) is 0 Å². The molecule has 54 heavy (non-hydrogen) atoms. The maximum absolute atomic E-state index is 5.14. The number of aromatic nitrogens is 3. The Labute approximate surface area is 313 Å². The Bertz CT molecular complexity index is 2940. The minimum Gasteiger partial charge on any atom is -0.208 e. The molecule has 3 nitrogen and oxygen atoms in total. The molecule has 0 aliphatic carbocycles. The molecule has 0 amide bonds. The third-order valence-electron chi connectivity index (χ3n) is 10.3. The summed E-state index contributed by atoms with van der Waals surface area (Å²) in [4.78, 5) is 15.3. The molecule has 0 radical (unpaired) electrons. The molecule has 252 valence electrons. The first-order chi connectivity index (χ1) is 26.7. The van der Waals surface area contributed by atoms with Crippen LogP contribution < -0.4 is 0 Å². The molecule has 3 heteroatoms. The lowest BCUT2D eigenvalue weighted by Gasteiger charge is -2.13. The average Bonchev–Trinajstić information content (AvgIpc) is 3.27. The molecule has 0 aliphatic rings. The van der Waals surface area contributed by atoms with Gasteiger partial charge in [-0.1, -0.05) is 182 Å². The van der Waals surface area contributed by atoms with Crippen molar-refractivity contribution in [1.82, 2.24) is 15.0 Å². The van der Waals surface area contributed by atoms with Gasteiger partial charge in [0.1, 0.15) is 0 Å². The van der Waals surface area contributed by atoms with Gasteiger partial charge in [0.05, 0.1) is 0 Å². The molecule has 0 spiro atoms. The van der Waals surface area contributed by atoms with Crippen LogP contribution in [0.15, 0.2) is 200 Å². The van der Waals surface area contributed by atoms with E-state index < -0.39 is 0 Å². The molecule has 0 aliphatic heterocycles. The highest BCUT2D eigenvalue weighted by molar-refractivity contribution is 6.25. The lowest BCUT2D eigenvalue weighted by atomic mass is 9.92. The van der Waals surface area contributed by atoms with Crippen molar-refractivity contribution in [2.24, 2.45) is 0 Å². The fourth-order valence-corrected chi connectivity index (χ4v) is 7.60. The van der Waals surface area contributed by atoms with Gasteiger partial charge >= 0.3 is 0 Å². The molecule has 0 saturated carbocycles. The van der Waals surface area contributed by atoms with Crippen LogP contribution in [0.3, 0.4) is 0 Å². The Hall–Kier alpha value is -7.23. The summed E-state index contributed by atoms with van der Waals surface area (Å²) in [6, 6.07) is 70.6. The van der Waals surface area contributed by atoms with E-state index in [9.17, 15) is 0 Å². The van der Waals surface area contributed by atoms with Crippen molar-refractivity contribution in [3.05, 3.63) is 200 Å². The van der Waals surface area contributed by atoms with E-state index in [0.29, 0.717) is 17.5 Å². The first-order valence-corrected chi connectivity index (χ1v) is 18.3. The van der Waals surface area contributed by atoms with E-state index in [2.05, 4.69) is 188 Å². The predicted octanol–water partition coefficient (Wildman–Crippen LogP) is 13.3. The van der Waals surface area contributed by atoms with Crippen LogP contribution in [-0.2, 0) is 0 Å². The summed E-state index contributed by atoms with van der Waals surface area (Å²) in [6.07, 6.45) is 0. The minimum absolute atomic E-state index is 0.631. The maximum atomic E-state index is 5.14. The monoisotopic (exact) mass is 687 g/mol. The molecule has 10 rings (SSSR count). The first kappa shape index (κ1) is 31.5. The number of benzene rings is 9. The molecule has 1 aromatic heterocycles. The molecule has 0 fully saturated rings. The van der Waals surface area contributed by atoms with E-state index in [1.165, 1.54) is 37.9 Å². The second-order valence-corrected chi connectivity index (χ2v) is 13.6. The van der Waals surface area contributed by atoms with Gasteiger partial charge in [0.25, 0.3) is 0 Å².